The molecule has 0 radical (unpaired) electrons. The Morgan fingerprint density at radius 3 is 2.38 bits per heavy atom. The molecule has 2 heteroatoms. The standard InChI is InChI=1S/C6H12O2/c1-6(8)3-2-5(7)4-6/h5,7-8H,2-4H2,1H3/t5-,6+/m0/s1. The number of hydrogen-bond donors (Lipinski definition) is 2. The fourth-order valence-electron chi connectivity index (χ4n) is 1.19. The summed E-state index contributed by atoms with van der Waals surface area (Å²) >= 11 is 0. The van der Waals surface area contributed by atoms with E-state index in [1.807, 2.05) is 0 Å². The number of aliphatic hydroxyl groups is 2. The van der Waals surface area contributed by atoms with Crippen molar-refractivity contribution in [1.82, 2.24) is 0 Å². The van der Waals surface area contributed by atoms with Crippen molar-refractivity contribution in [3.05, 3.63) is 0 Å². The van der Waals surface area contributed by atoms with Crippen LogP contribution in [0.15, 0.2) is 0 Å². The Hall–Kier alpha value is -0.0800. The molecule has 0 aromatic rings. The highest BCUT2D eigenvalue weighted by molar-refractivity contribution is 4.84. The zero-order valence-electron chi connectivity index (χ0n) is 5.09. The molecule has 0 heterocycles. The molecular formula is C6H12O2. The van der Waals surface area contributed by atoms with E-state index in [-0.39, 0.29) is 6.10 Å². The molecule has 0 amide bonds. The number of aliphatic hydroxyl groups excluding tert-OH is 1. The molecule has 8 heavy (non-hydrogen) atoms. The van der Waals surface area contributed by atoms with Gasteiger partial charge in [0, 0.05) is 6.42 Å². The van der Waals surface area contributed by atoms with Gasteiger partial charge < -0.3 is 10.2 Å². The fourth-order valence-corrected chi connectivity index (χ4v) is 1.19. The summed E-state index contributed by atoms with van der Waals surface area (Å²) in [7, 11) is 0. The molecule has 0 aromatic heterocycles. The van der Waals surface area contributed by atoms with E-state index >= 15 is 0 Å². The summed E-state index contributed by atoms with van der Waals surface area (Å²) in [5.41, 5.74) is -0.584. The van der Waals surface area contributed by atoms with Gasteiger partial charge in [0.1, 0.15) is 0 Å². The molecule has 1 aliphatic carbocycles. The van der Waals surface area contributed by atoms with Crippen molar-refractivity contribution in [1.29, 1.82) is 0 Å². The van der Waals surface area contributed by atoms with Gasteiger partial charge in [-0.1, -0.05) is 0 Å². The average molecular weight is 116 g/mol. The third-order valence-electron chi connectivity index (χ3n) is 1.69. The van der Waals surface area contributed by atoms with Gasteiger partial charge in [-0.3, -0.25) is 0 Å². The van der Waals surface area contributed by atoms with Crippen LogP contribution in [0.25, 0.3) is 0 Å². The molecule has 1 fully saturated rings. The fraction of sp³-hybridized carbons (Fsp3) is 1.00. The van der Waals surface area contributed by atoms with Crippen LogP contribution in [0.2, 0.25) is 0 Å². The van der Waals surface area contributed by atoms with Gasteiger partial charge in [0.15, 0.2) is 0 Å². The molecule has 48 valence electrons. The maximum atomic E-state index is 9.20. The van der Waals surface area contributed by atoms with Crippen LogP contribution in [0.3, 0.4) is 0 Å². The first kappa shape index (κ1) is 6.05. The van der Waals surface area contributed by atoms with Gasteiger partial charge in [-0.15, -0.1) is 0 Å². The summed E-state index contributed by atoms with van der Waals surface area (Å²) < 4.78 is 0. The lowest BCUT2D eigenvalue weighted by Crippen LogP contribution is -2.19. The summed E-state index contributed by atoms with van der Waals surface area (Å²) in [6.07, 6.45) is 1.79. The summed E-state index contributed by atoms with van der Waals surface area (Å²) in [5.74, 6) is 0. The van der Waals surface area contributed by atoms with Crippen LogP contribution in [0.5, 0.6) is 0 Å². The van der Waals surface area contributed by atoms with Gasteiger partial charge in [-0.25, -0.2) is 0 Å². The Labute approximate surface area is 49.1 Å². The summed E-state index contributed by atoms with van der Waals surface area (Å²) in [4.78, 5) is 0. The third kappa shape index (κ3) is 1.20. The van der Waals surface area contributed by atoms with Crippen LogP contribution < -0.4 is 0 Å². The summed E-state index contributed by atoms with van der Waals surface area (Å²) in [6, 6.07) is 0. The molecule has 0 aliphatic heterocycles. The molecule has 0 saturated heterocycles. The maximum absolute atomic E-state index is 9.20. The minimum Gasteiger partial charge on any atom is -0.393 e. The molecule has 2 nitrogen and oxygen atoms in total. The number of hydrogen-bond acceptors (Lipinski definition) is 2. The normalized spacial score (nSPS) is 47.6. The molecule has 0 aromatic carbocycles. The molecular weight excluding hydrogens is 104 g/mol. The lowest BCUT2D eigenvalue weighted by molar-refractivity contribution is 0.0505. The first-order chi connectivity index (χ1) is 3.60. The smallest absolute Gasteiger partial charge is 0.0645 e. The monoisotopic (exact) mass is 116 g/mol. The topological polar surface area (TPSA) is 40.5 Å². The Bertz CT molecular complexity index is 88.5. The van der Waals surface area contributed by atoms with E-state index in [0.717, 1.165) is 12.8 Å². The zero-order valence-corrected chi connectivity index (χ0v) is 5.09. The maximum Gasteiger partial charge on any atom is 0.0645 e. The molecule has 2 N–H and O–H groups in total. The molecule has 0 unspecified atom stereocenters. The van der Waals surface area contributed by atoms with Gasteiger partial charge in [0.05, 0.1) is 11.7 Å². The lowest BCUT2D eigenvalue weighted by atomic mass is 10.1. The molecule has 0 bridgehead atoms. The van der Waals surface area contributed by atoms with Gasteiger partial charge in [0.25, 0.3) is 0 Å². The Kier molecular flexibility index (Phi) is 1.29. The van der Waals surface area contributed by atoms with Gasteiger partial charge >= 0.3 is 0 Å². The van der Waals surface area contributed by atoms with Crippen molar-refractivity contribution in [3.8, 4) is 0 Å². The predicted molar refractivity (Wildman–Crippen MR) is 30.5 cm³/mol. The molecule has 1 aliphatic rings. The van der Waals surface area contributed by atoms with Crippen molar-refractivity contribution in [2.75, 3.05) is 0 Å². The van der Waals surface area contributed by atoms with Crippen LogP contribution in [0.1, 0.15) is 26.2 Å². The van der Waals surface area contributed by atoms with Crippen LogP contribution in [-0.2, 0) is 0 Å². The second kappa shape index (κ2) is 1.71. The van der Waals surface area contributed by atoms with E-state index in [0.29, 0.717) is 6.42 Å². The van der Waals surface area contributed by atoms with Crippen molar-refractivity contribution in [2.45, 2.75) is 37.9 Å². The van der Waals surface area contributed by atoms with Gasteiger partial charge in [-0.2, -0.15) is 0 Å². The second-order valence-electron chi connectivity index (χ2n) is 2.89. The minimum atomic E-state index is -0.584. The minimum absolute atomic E-state index is 0.259. The molecule has 0 spiro atoms. The second-order valence-corrected chi connectivity index (χ2v) is 2.89. The van der Waals surface area contributed by atoms with E-state index in [4.69, 9.17) is 5.11 Å². The molecule has 2 atom stereocenters. The van der Waals surface area contributed by atoms with Gasteiger partial charge in [0.2, 0.25) is 0 Å². The van der Waals surface area contributed by atoms with Crippen LogP contribution in [0, 0.1) is 0 Å². The van der Waals surface area contributed by atoms with E-state index in [9.17, 15) is 5.11 Å². The SMILES string of the molecule is C[C@@]1(O)CC[C@H](O)C1. The first-order valence-corrected chi connectivity index (χ1v) is 3.01. The first-order valence-electron chi connectivity index (χ1n) is 3.01. The van der Waals surface area contributed by atoms with Crippen molar-refractivity contribution in [2.24, 2.45) is 0 Å². The van der Waals surface area contributed by atoms with E-state index in [1.165, 1.54) is 0 Å². The van der Waals surface area contributed by atoms with E-state index < -0.39 is 5.60 Å². The quantitative estimate of drug-likeness (QED) is 0.477. The van der Waals surface area contributed by atoms with E-state index in [2.05, 4.69) is 0 Å². The Morgan fingerprint density at radius 1 is 1.62 bits per heavy atom. The van der Waals surface area contributed by atoms with Crippen LogP contribution in [-0.4, -0.2) is 21.9 Å². The third-order valence-corrected chi connectivity index (χ3v) is 1.69. The van der Waals surface area contributed by atoms with Crippen molar-refractivity contribution >= 4 is 0 Å². The largest absolute Gasteiger partial charge is 0.393 e. The van der Waals surface area contributed by atoms with E-state index in [1.54, 1.807) is 6.92 Å². The highest BCUT2D eigenvalue weighted by atomic mass is 16.3. The average Bonchev–Trinajstić information content (AvgIpc) is 1.82. The van der Waals surface area contributed by atoms with Crippen molar-refractivity contribution < 1.29 is 10.2 Å². The Balaban J connectivity index is 2.44. The van der Waals surface area contributed by atoms with Crippen LogP contribution >= 0.6 is 0 Å². The summed E-state index contributed by atoms with van der Waals surface area (Å²) in [6.45, 7) is 1.77. The van der Waals surface area contributed by atoms with Gasteiger partial charge in [-0.05, 0) is 19.8 Å². The predicted octanol–water partition coefficient (Wildman–Crippen LogP) is 0.282. The zero-order chi connectivity index (χ0) is 6.20. The summed E-state index contributed by atoms with van der Waals surface area (Å²) in [5, 5.41) is 18.1. The van der Waals surface area contributed by atoms with Crippen molar-refractivity contribution in [3.63, 3.8) is 0 Å². The lowest BCUT2D eigenvalue weighted by Gasteiger charge is -2.13. The highest BCUT2D eigenvalue weighted by Gasteiger charge is 2.31. The molecule has 1 rings (SSSR count). The number of rotatable bonds is 0. The van der Waals surface area contributed by atoms with Crippen LogP contribution in [0.4, 0.5) is 0 Å². The highest BCUT2D eigenvalue weighted by Crippen LogP contribution is 2.28. The Morgan fingerprint density at radius 2 is 2.25 bits per heavy atom. The molecule has 1 saturated carbocycles.